The van der Waals surface area contributed by atoms with Crippen LogP contribution in [0, 0.1) is 10.1 Å². The van der Waals surface area contributed by atoms with Crippen LogP contribution in [0.15, 0.2) is 18.2 Å². The second-order valence-corrected chi connectivity index (χ2v) is 7.62. The van der Waals surface area contributed by atoms with E-state index in [0.717, 1.165) is 37.9 Å². The molecule has 3 rings (SSSR count). The monoisotopic (exact) mass is 432 g/mol. The maximum atomic E-state index is 11.7. The Balaban J connectivity index is 1.52. The van der Waals surface area contributed by atoms with Gasteiger partial charge in [-0.15, -0.1) is 5.10 Å². The van der Waals surface area contributed by atoms with Crippen molar-refractivity contribution in [3.05, 3.63) is 39.7 Å². The Morgan fingerprint density at radius 2 is 2.10 bits per heavy atom. The predicted molar refractivity (Wildman–Crippen MR) is 110 cm³/mol. The van der Waals surface area contributed by atoms with E-state index in [1.807, 2.05) is 4.68 Å². The molecule has 0 radical (unpaired) electrons. The summed E-state index contributed by atoms with van der Waals surface area (Å²) in [4.78, 5) is 22.4. The summed E-state index contributed by atoms with van der Waals surface area (Å²) in [6.45, 7) is 0.412. The van der Waals surface area contributed by atoms with Gasteiger partial charge >= 0.3 is 5.97 Å². The smallest absolute Gasteiger partial charge is 0.327 e. The molecule has 0 amide bonds. The first kappa shape index (κ1) is 22.6. The third-order valence-electron chi connectivity index (χ3n) is 5.53. The Hall–Kier alpha value is -3.08. The van der Waals surface area contributed by atoms with E-state index in [9.17, 15) is 14.9 Å². The van der Waals surface area contributed by atoms with E-state index >= 15 is 0 Å². The van der Waals surface area contributed by atoms with Crippen molar-refractivity contribution in [3.63, 3.8) is 0 Å². The first-order chi connectivity index (χ1) is 15.0. The van der Waals surface area contributed by atoms with Crippen molar-refractivity contribution in [1.29, 1.82) is 0 Å². The van der Waals surface area contributed by atoms with Crippen LogP contribution < -0.4 is 10.5 Å². The van der Waals surface area contributed by atoms with Crippen LogP contribution >= 0.6 is 0 Å². The minimum absolute atomic E-state index is 0.0565. The molecule has 2 aromatic rings. The minimum atomic E-state index is -1.26. The molecule has 168 valence electrons. The van der Waals surface area contributed by atoms with Gasteiger partial charge in [-0.05, 0) is 48.2 Å². The standard InChI is InChI=1S/C20H28N6O5/c1-30-20(27)19(21)16-13-15(10-11-17(16)26(28)29)31-12-6-5-9-18-22-23-24-25(18)14-7-3-2-4-8-14/h10-11,13-14,19H,2-9,12,21H2,1H3. The van der Waals surface area contributed by atoms with Crippen LogP contribution in [0.5, 0.6) is 5.75 Å². The van der Waals surface area contributed by atoms with Crippen LogP contribution in [0.25, 0.3) is 0 Å². The molecule has 11 nitrogen and oxygen atoms in total. The normalized spacial score (nSPS) is 15.4. The molecular formula is C20H28N6O5. The van der Waals surface area contributed by atoms with Crippen LogP contribution in [0.3, 0.4) is 0 Å². The number of ether oxygens (including phenoxy) is 2. The van der Waals surface area contributed by atoms with E-state index in [1.165, 1.54) is 44.6 Å². The fourth-order valence-electron chi connectivity index (χ4n) is 3.85. The number of nitrogens with zero attached hydrogens (tertiary/aromatic N) is 5. The van der Waals surface area contributed by atoms with Crippen molar-refractivity contribution in [1.82, 2.24) is 20.2 Å². The largest absolute Gasteiger partial charge is 0.494 e. The summed E-state index contributed by atoms with van der Waals surface area (Å²) < 4.78 is 12.3. The van der Waals surface area contributed by atoms with Crippen molar-refractivity contribution < 1.29 is 19.2 Å². The summed E-state index contributed by atoms with van der Waals surface area (Å²) in [5.74, 6) is 0.552. The number of carbonyl (C=O) groups is 1. The van der Waals surface area contributed by atoms with Crippen molar-refractivity contribution in [2.45, 2.75) is 63.5 Å². The quantitative estimate of drug-likeness (QED) is 0.259. The number of esters is 1. The Labute approximate surface area is 180 Å². The maximum absolute atomic E-state index is 11.7. The SMILES string of the molecule is COC(=O)C(N)c1cc(OCCCCc2nnnn2C2CCCCC2)ccc1[N+](=O)[O-]. The molecule has 2 N–H and O–H groups in total. The second kappa shape index (κ2) is 10.8. The first-order valence-electron chi connectivity index (χ1n) is 10.5. The Morgan fingerprint density at radius 1 is 1.32 bits per heavy atom. The lowest BCUT2D eigenvalue weighted by Crippen LogP contribution is -2.23. The van der Waals surface area contributed by atoms with E-state index in [4.69, 9.17) is 10.5 Å². The highest BCUT2D eigenvalue weighted by Gasteiger charge is 2.26. The van der Waals surface area contributed by atoms with Gasteiger partial charge in [-0.25, -0.2) is 9.48 Å². The van der Waals surface area contributed by atoms with Gasteiger partial charge in [0.2, 0.25) is 0 Å². The highest BCUT2D eigenvalue weighted by atomic mass is 16.6. The number of aryl methyl sites for hydroxylation is 1. The zero-order valence-corrected chi connectivity index (χ0v) is 17.6. The average Bonchev–Trinajstić information content (AvgIpc) is 3.26. The molecule has 1 heterocycles. The maximum Gasteiger partial charge on any atom is 0.327 e. The highest BCUT2D eigenvalue weighted by Crippen LogP contribution is 2.30. The Morgan fingerprint density at radius 3 is 2.81 bits per heavy atom. The molecule has 1 aliphatic carbocycles. The number of tetrazole rings is 1. The van der Waals surface area contributed by atoms with Crippen molar-refractivity contribution in [2.75, 3.05) is 13.7 Å². The fourth-order valence-corrected chi connectivity index (χ4v) is 3.85. The average molecular weight is 432 g/mol. The number of rotatable bonds is 10. The molecule has 1 atom stereocenters. The van der Waals surface area contributed by atoms with Gasteiger partial charge < -0.3 is 15.2 Å². The lowest BCUT2D eigenvalue weighted by atomic mass is 9.95. The number of methoxy groups -OCH3 is 1. The van der Waals surface area contributed by atoms with Gasteiger partial charge in [0, 0.05) is 12.5 Å². The van der Waals surface area contributed by atoms with E-state index in [-0.39, 0.29) is 11.3 Å². The molecular weight excluding hydrogens is 404 g/mol. The molecule has 0 aliphatic heterocycles. The summed E-state index contributed by atoms with van der Waals surface area (Å²) in [6.07, 6.45) is 8.31. The molecule has 1 unspecified atom stereocenters. The fraction of sp³-hybridized carbons (Fsp3) is 0.600. The van der Waals surface area contributed by atoms with Crippen LogP contribution in [0.1, 0.15) is 68.4 Å². The molecule has 1 fully saturated rings. The number of carbonyl (C=O) groups excluding carboxylic acids is 1. The van der Waals surface area contributed by atoms with E-state index in [1.54, 1.807) is 0 Å². The third-order valence-corrected chi connectivity index (χ3v) is 5.53. The molecule has 1 aromatic heterocycles. The van der Waals surface area contributed by atoms with E-state index < -0.39 is 16.9 Å². The number of nitro groups is 1. The number of aromatic nitrogens is 4. The second-order valence-electron chi connectivity index (χ2n) is 7.62. The lowest BCUT2D eigenvalue weighted by Gasteiger charge is -2.22. The predicted octanol–water partition coefficient (Wildman–Crippen LogP) is 2.66. The van der Waals surface area contributed by atoms with Gasteiger partial charge in [0.1, 0.15) is 11.8 Å². The molecule has 1 aliphatic rings. The molecule has 31 heavy (non-hydrogen) atoms. The molecule has 11 heteroatoms. The number of hydrogen-bond acceptors (Lipinski definition) is 9. The van der Waals surface area contributed by atoms with Crippen LogP contribution in [0.4, 0.5) is 5.69 Å². The van der Waals surface area contributed by atoms with Gasteiger partial charge in [0.15, 0.2) is 5.82 Å². The van der Waals surface area contributed by atoms with Gasteiger partial charge in [-0.1, -0.05) is 19.3 Å². The lowest BCUT2D eigenvalue weighted by molar-refractivity contribution is -0.385. The third kappa shape index (κ3) is 5.75. The number of nitrogens with two attached hydrogens (primary N) is 1. The summed E-state index contributed by atoms with van der Waals surface area (Å²) in [5.41, 5.74) is 5.61. The van der Waals surface area contributed by atoms with E-state index in [0.29, 0.717) is 18.4 Å². The van der Waals surface area contributed by atoms with Crippen molar-refractivity contribution in [3.8, 4) is 5.75 Å². The number of nitro benzene ring substituents is 1. The van der Waals surface area contributed by atoms with Crippen LogP contribution in [0.2, 0.25) is 0 Å². The molecule has 0 saturated heterocycles. The summed E-state index contributed by atoms with van der Waals surface area (Å²) in [5, 5.41) is 23.4. The van der Waals surface area contributed by atoms with Crippen LogP contribution in [-0.4, -0.2) is 44.8 Å². The Bertz CT molecular complexity index is 896. The number of unbranched alkanes of at least 4 members (excludes halogenated alkanes) is 1. The van der Waals surface area contributed by atoms with Crippen molar-refractivity contribution in [2.24, 2.45) is 5.73 Å². The molecule has 0 bridgehead atoms. The van der Waals surface area contributed by atoms with Gasteiger partial charge in [-0.2, -0.15) is 0 Å². The molecule has 1 aromatic carbocycles. The molecule has 1 saturated carbocycles. The zero-order valence-electron chi connectivity index (χ0n) is 17.6. The highest BCUT2D eigenvalue weighted by molar-refractivity contribution is 5.79. The number of benzene rings is 1. The van der Waals surface area contributed by atoms with Crippen molar-refractivity contribution >= 4 is 11.7 Å². The summed E-state index contributed by atoms with van der Waals surface area (Å²) >= 11 is 0. The Kier molecular flexibility index (Phi) is 7.88. The van der Waals surface area contributed by atoms with Gasteiger partial charge in [0.25, 0.3) is 5.69 Å². The topological polar surface area (TPSA) is 148 Å². The summed E-state index contributed by atoms with van der Waals surface area (Å²) in [7, 11) is 1.18. The molecule has 0 spiro atoms. The van der Waals surface area contributed by atoms with E-state index in [2.05, 4.69) is 20.3 Å². The first-order valence-corrected chi connectivity index (χ1v) is 10.5. The van der Waals surface area contributed by atoms with Crippen LogP contribution in [-0.2, 0) is 16.0 Å². The van der Waals surface area contributed by atoms with Gasteiger partial charge in [0.05, 0.1) is 30.2 Å². The summed E-state index contributed by atoms with van der Waals surface area (Å²) in [6, 6.07) is 3.34. The minimum Gasteiger partial charge on any atom is -0.494 e. The zero-order chi connectivity index (χ0) is 22.2. The van der Waals surface area contributed by atoms with Gasteiger partial charge in [-0.3, -0.25) is 10.1 Å². The number of hydrogen-bond donors (Lipinski definition) is 1.